The average molecular weight is 440 g/mol. The molecule has 0 aromatic heterocycles. The summed E-state index contributed by atoms with van der Waals surface area (Å²) in [6.07, 6.45) is 4.59. The van der Waals surface area contributed by atoms with Gasteiger partial charge in [-0.05, 0) is 68.5 Å². The fourth-order valence-electron chi connectivity index (χ4n) is 4.24. The maximum Gasteiger partial charge on any atom is 0.270 e. The summed E-state index contributed by atoms with van der Waals surface area (Å²) < 4.78 is 33.2. The lowest BCUT2D eigenvalue weighted by atomic mass is 9.93. The number of Topliss-reactive ketones (excluding diaryl/α,β-unsaturated/α-hetero) is 1. The first-order chi connectivity index (χ1) is 15.2. The molecule has 2 aromatic carbocycles. The molecule has 0 N–H and O–H groups in total. The lowest BCUT2D eigenvalue weighted by Crippen LogP contribution is -2.33. The first kappa shape index (κ1) is 22.1. The molecule has 1 fully saturated rings. The minimum Gasteiger partial charge on any atom is -0.490 e. The number of hydrogen-bond donors (Lipinski definition) is 0. The first-order valence-electron chi connectivity index (χ1n) is 10.9. The van der Waals surface area contributed by atoms with Crippen LogP contribution in [-0.2, 0) is 21.9 Å². The van der Waals surface area contributed by atoms with Crippen LogP contribution in [0.2, 0.25) is 0 Å². The highest BCUT2D eigenvalue weighted by atomic mass is 19.3. The number of halogens is 2. The Balaban J connectivity index is 1.44. The summed E-state index contributed by atoms with van der Waals surface area (Å²) in [6.45, 7) is 2.45. The van der Waals surface area contributed by atoms with Gasteiger partial charge in [-0.25, -0.2) is 8.78 Å². The predicted octanol–water partition coefficient (Wildman–Crippen LogP) is 5.27. The highest BCUT2D eigenvalue weighted by Gasteiger charge is 2.39. The Kier molecular flexibility index (Phi) is 6.09. The summed E-state index contributed by atoms with van der Waals surface area (Å²) in [6, 6.07) is 12.8. The molecule has 1 heterocycles. The molecule has 1 aliphatic heterocycles. The molecule has 1 saturated carbocycles. The molecule has 32 heavy (non-hydrogen) atoms. The molecule has 0 spiro atoms. The Hall–Kier alpha value is -3.09. The van der Waals surface area contributed by atoms with Crippen LogP contribution in [-0.4, -0.2) is 23.5 Å². The predicted molar refractivity (Wildman–Crippen MR) is 118 cm³/mol. The molecule has 4 rings (SSSR count). The summed E-state index contributed by atoms with van der Waals surface area (Å²) in [5.74, 6) is -4.07. The zero-order valence-electron chi connectivity index (χ0n) is 18.2. The molecule has 1 aliphatic carbocycles. The zero-order valence-corrected chi connectivity index (χ0v) is 18.2. The van der Waals surface area contributed by atoms with Gasteiger partial charge in [-0.1, -0.05) is 18.2 Å². The second kappa shape index (κ2) is 8.81. The van der Waals surface area contributed by atoms with Gasteiger partial charge in [-0.2, -0.15) is 10.1 Å². The molecule has 1 unspecified atom stereocenters. The maximum atomic E-state index is 13.6. The maximum absolute atomic E-state index is 13.6. The topological polar surface area (TPSA) is 59.0 Å². The van der Waals surface area contributed by atoms with Gasteiger partial charge >= 0.3 is 0 Å². The van der Waals surface area contributed by atoms with Crippen molar-refractivity contribution in [2.75, 3.05) is 5.01 Å². The molecule has 168 valence electrons. The third kappa shape index (κ3) is 4.71. The minimum absolute atomic E-state index is 0.116. The zero-order chi connectivity index (χ0) is 22.9. The Morgan fingerprint density at radius 2 is 1.84 bits per heavy atom. The summed E-state index contributed by atoms with van der Waals surface area (Å²) in [5.41, 5.74) is 1.23. The van der Waals surface area contributed by atoms with Crippen molar-refractivity contribution in [1.29, 1.82) is 0 Å². The molecule has 0 saturated heterocycles. The summed E-state index contributed by atoms with van der Waals surface area (Å²) in [7, 11) is 0. The smallest absolute Gasteiger partial charge is 0.270 e. The lowest BCUT2D eigenvalue weighted by molar-refractivity contribution is -0.128. The van der Waals surface area contributed by atoms with Crippen LogP contribution in [0.15, 0.2) is 53.6 Å². The number of hydrazone groups is 1. The number of ether oxygens (including phenoxy) is 1. The van der Waals surface area contributed by atoms with Gasteiger partial charge in [0.05, 0.1) is 17.5 Å². The highest BCUT2D eigenvalue weighted by molar-refractivity contribution is 6.27. The number of hydrogen-bond acceptors (Lipinski definition) is 4. The summed E-state index contributed by atoms with van der Waals surface area (Å²) >= 11 is 0. The SMILES string of the molecule is CC1=NN(c2ccc(OC3CCCC3)cc2)C(=O)C1C(=O)Cc1cccc(C(C)(F)F)c1. The first-order valence-corrected chi connectivity index (χ1v) is 10.9. The van der Waals surface area contributed by atoms with E-state index in [9.17, 15) is 18.4 Å². The van der Waals surface area contributed by atoms with E-state index in [0.717, 1.165) is 25.5 Å². The molecular formula is C25H26F2N2O3. The van der Waals surface area contributed by atoms with Crippen LogP contribution >= 0.6 is 0 Å². The van der Waals surface area contributed by atoms with Crippen molar-refractivity contribution < 1.29 is 23.1 Å². The number of ketones is 1. The van der Waals surface area contributed by atoms with Crippen molar-refractivity contribution in [2.24, 2.45) is 11.0 Å². The normalized spacial score (nSPS) is 19.4. The fourth-order valence-corrected chi connectivity index (χ4v) is 4.24. The number of rotatable bonds is 7. The van der Waals surface area contributed by atoms with Gasteiger partial charge in [0.15, 0.2) is 5.78 Å². The summed E-state index contributed by atoms with van der Waals surface area (Å²) in [4.78, 5) is 25.9. The number of amides is 1. The van der Waals surface area contributed by atoms with Gasteiger partial charge in [-0.3, -0.25) is 9.59 Å². The van der Waals surface area contributed by atoms with Crippen LogP contribution < -0.4 is 9.75 Å². The van der Waals surface area contributed by atoms with Crippen LogP contribution in [0.5, 0.6) is 5.75 Å². The molecule has 5 nitrogen and oxygen atoms in total. The number of anilines is 1. The van der Waals surface area contributed by atoms with Gasteiger partial charge in [0.2, 0.25) is 0 Å². The van der Waals surface area contributed by atoms with Gasteiger partial charge in [0.25, 0.3) is 11.8 Å². The summed E-state index contributed by atoms with van der Waals surface area (Å²) in [5, 5.41) is 5.52. The largest absolute Gasteiger partial charge is 0.490 e. The third-order valence-electron chi connectivity index (χ3n) is 5.95. The molecule has 2 aromatic rings. The van der Waals surface area contributed by atoms with Crippen LogP contribution in [0.1, 0.15) is 50.7 Å². The molecular weight excluding hydrogens is 414 g/mol. The molecule has 0 radical (unpaired) electrons. The van der Waals surface area contributed by atoms with Crippen molar-refractivity contribution in [3.63, 3.8) is 0 Å². The molecule has 1 amide bonds. The molecule has 7 heteroatoms. The van der Waals surface area contributed by atoms with E-state index in [0.29, 0.717) is 17.0 Å². The van der Waals surface area contributed by atoms with Crippen molar-refractivity contribution in [3.05, 3.63) is 59.7 Å². The standard InChI is InChI=1S/C25H26F2N2O3/c1-16-23(22(30)15-17-6-5-7-18(14-17)25(2,26)27)24(31)29(28-16)19-10-12-21(13-11-19)32-20-8-3-4-9-20/h5-7,10-14,20,23H,3-4,8-9,15H2,1-2H3. The number of alkyl halides is 2. The molecule has 1 atom stereocenters. The van der Waals surface area contributed by atoms with E-state index >= 15 is 0 Å². The fraction of sp³-hybridized carbons (Fsp3) is 0.400. The second-order valence-corrected chi connectivity index (χ2v) is 8.57. The van der Waals surface area contributed by atoms with Gasteiger partial charge in [0, 0.05) is 18.9 Å². The number of carbonyl (C=O) groups excluding carboxylic acids is 2. The van der Waals surface area contributed by atoms with Gasteiger partial charge < -0.3 is 4.74 Å². The quantitative estimate of drug-likeness (QED) is 0.551. The van der Waals surface area contributed by atoms with E-state index in [4.69, 9.17) is 4.74 Å². The van der Waals surface area contributed by atoms with Crippen molar-refractivity contribution in [1.82, 2.24) is 0 Å². The average Bonchev–Trinajstić information content (AvgIpc) is 3.35. The Morgan fingerprint density at radius 1 is 1.16 bits per heavy atom. The lowest BCUT2D eigenvalue weighted by Gasteiger charge is -2.16. The van der Waals surface area contributed by atoms with Crippen LogP contribution in [0.3, 0.4) is 0 Å². The van der Waals surface area contributed by atoms with E-state index < -0.39 is 17.7 Å². The van der Waals surface area contributed by atoms with Gasteiger partial charge in [-0.15, -0.1) is 0 Å². The molecule has 0 bridgehead atoms. The van der Waals surface area contributed by atoms with Gasteiger partial charge in [0.1, 0.15) is 11.7 Å². The Morgan fingerprint density at radius 3 is 2.50 bits per heavy atom. The van der Waals surface area contributed by atoms with Crippen LogP contribution in [0.4, 0.5) is 14.5 Å². The van der Waals surface area contributed by atoms with E-state index in [2.05, 4.69) is 5.10 Å². The van der Waals surface area contributed by atoms with E-state index in [-0.39, 0.29) is 23.9 Å². The van der Waals surface area contributed by atoms with Crippen LogP contribution in [0.25, 0.3) is 0 Å². The van der Waals surface area contributed by atoms with Crippen LogP contribution in [0, 0.1) is 5.92 Å². The Labute approximate surface area is 186 Å². The van der Waals surface area contributed by atoms with Crippen molar-refractivity contribution >= 4 is 23.1 Å². The Bertz CT molecular complexity index is 1040. The minimum atomic E-state index is -3.00. The van der Waals surface area contributed by atoms with E-state index in [1.54, 1.807) is 37.3 Å². The number of benzene rings is 2. The van der Waals surface area contributed by atoms with Crippen molar-refractivity contribution in [3.8, 4) is 5.75 Å². The number of carbonyl (C=O) groups is 2. The van der Waals surface area contributed by atoms with E-state index in [1.165, 1.54) is 36.0 Å². The number of nitrogens with zero attached hydrogens (tertiary/aromatic N) is 2. The second-order valence-electron chi connectivity index (χ2n) is 8.57. The van der Waals surface area contributed by atoms with E-state index in [1.807, 2.05) is 0 Å². The third-order valence-corrected chi connectivity index (χ3v) is 5.95. The highest BCUT2D eigenvalue weighted by Crippen LogP contribution is 2.30. The molecule has 2 aliphatic rings. The van der Waals surface area contributed by atoms with Crippen molar-refractivity contribution in [2.45, 2.75) is 58.0 Å². The monoisotopic (exact) mass is 440 g/mol.